The molecule has 1 fully saturated rings. The van der Waals surface area contributed by atoms with Crippen LogP contribution in [0.4, 0.5) is 4.39 Å². The molecule has 0 N–H and O–H groups in total. The number of nitrogens with zero attached hydrogens (tertiary/aromatic N) is 2. The molecule has 0 spiro atoms. The van der Waals surface area contributed by atoms with Crippen molar-refractivity contribution in [1.82, 2.24) is 9.88 Å². The predicted molar refractivity (Wildman–Crippen MR) is 105 cm³/mol. The summed E-state index contributed by atoms with van der Waals surface area (Å²) in [5, 5.41) is 0. The fraction of sp³-hybridized carbons (Fsp3) is 0.304. The third kappa shape index (κ3) is 4.30. The van der Waals surface area contributed by atoms with Crippen molar-refractivity contribution >= 4 is 5.91 Å². The van der Waals surface area contributed by atoms with E-state index in [2.05, 4.69) is 4.98 Å². The van der Waals surface area contributed by atoms with Crippen LogP contribution in [0.25, 0.3) is 11.3 Å². The van der Waals surface area contributed by atoms with Crippen LogP contribution in [0.5, 0.6) is 0 Å². The van der Waals surface area contributed by atoms with E-state index in [-0.39, 0.29) is 17.8 Å². The van der Waals surface area contributed by atoms with Crippen molar-refractivity contribution in [3.63, 3.8) is 0 Å². The van der Waals surface area contributed by atoms with E-state index in [1.807, 2.05) is 31.2 Å². The fourth-order valence-electron chi connectivity index (χ4n) is 3.25. The van der Waals surface area contributed by atoms with Gasteiger partial charge in [-0.15, -0.1) is 0 Å². The average Bonchev–Trinajstić information content (AvgIpc) is 3.43. The molecular weight excluding hydrogens is 355 g/mol. The molecule has 1 heterocycles. The maximum absolute atomic E-state index is 14.0. The van der Waals surface area contributed by atoms with Gasteiger partial charge in [-0.2, -0.15) is 0 Å². The van der Waals surface area contributed by atoms with E-state index in [9.17, 15) is 9.18 Å². The van der Waals surface area contributed by atoms with Gasteiger partial charge in [0, 0.05) is 36.6 Å². The molecule has 1 amide bonds. The molecule has 0 radical (unpaired) electrons. The van der Waals surface area contributed by atoms with Crippen LogP contribution in [0, 0.1) is 12.7 Å². The molecule has 0 aliphatic heterocycles. The van der Waals surface area contributed by atoms with Crippen molar-refractivity contribution in [3.05, 3.63) is 77.6 Å². The average molecular weight is 378 g/mol. The molecule has 28 heavy (non-hydrogen) atoms. The van der Waals surface area contributed by atoms with Gasteiger partial charge < -0.3 is 9.32 Å². The quantitative estimate of drug-likeness (QED) is 0.587. The molecule has 3 aromatic rings. The summed E-state index contributed by atoms with van der Waals surface area (Å²) in [6.07, 6.45) is 4.40. The van der Waals surface area contributed by atoms with Gasteiger partial charge >= 0.3 is 0 Å². The second-order valence-corrected chi connectivity index (χ2v) is 7.33. The first kappa shape index (κ1) is 18.4. The zero-order chi connectivity index (χ0) is 19.5. The van der Waals surface area contributed by atoms with Crippen molar-refractivity contribution < 1.29 is 13.6 Å². The first-order chi connectivity index (χ1) is 13.6. The number of oxazole rings is 1. The van der Waals surface area contributed by atoms with Gasteiger partial charge in [-0.3, -0.25) is 4.79 Å². The van der Waals surface area contributed by atoms with Crippen molar-refractivity contribution in [2.75, 3.05) is 0 Å². The number of benzene rings is 2. The number of hydrogen-bond donors (Lipinski definition) is 0. The van der Waals surface area contributed by atoms with Gasteiger partial charge in [0.05, 0.1) is 6.20 Å². The summed E-state index contributed by atoms with van der Waals surface area (Å²) >= 11 is 0. The minimum atomic E-state index is -0.267. The molecule has 1 saturated carbocycles. The van der Waals surface area contributed by atoms with Gasteiger partial charge in [-0.05, 0) is 25.8 Å². The van der Waals surface area contributed by atoms with Gasteiger partial charge in [-0.1, -0.05) is 48.0 Å². The SMILES string of the molecule is Cc1ccc(-c2cnc(CCC(=O)N(Cc3ccccc3F)C3CC3)o2)cc1. The summed E-state index contributed by atoms with van der Waals surface area (Å²) in [4.78, 5) is 18.9. The maximum atomic E-state index is 14.0. The highest BCUT2D eigenvalue weighted by Crippen LogP contribution is 2.30. The largest absolute Gasteiger partial charge is 0.441 e. The molecule has 1 aliphatic carbocycles. The highest BCUT2D eigenvalue weighted by molar-refractivity contribution is 5.77. The van der Waals surface area contributed by atoms with Crippen molar-refractivity contribution in [3.8, 4) is 11.3 Å². The number of carbonyl (C=O) groups is 1. The van der Waals surface area contributed by atoms with Crippen LogP contribution >= 0.6 is 0 Å². The zero-order valence-electron chi connectivity index (χ0n) is 15.9. The van der Waals surface area contributed by atoms with E-state index in [4.69, 9.17) is 4.42 Å². The number of aromatic nitrogens is 1. The molecule has 0 saturated heterocycles. The van der Waals surface area contributed by atoms with Crippen LogP contribution in [0.2, 0.25) is 0 Å². The Hall–Kier alpha value is -2.95. The summed E-state index contributed by atoms with van der Waals surface area (Å²) in [7, 11) is 0. The lowest BCUT2D eigenvalue weighted by Crippen LogP contribution is -2.33. The van der Waals surface area contributed by atoms with Gasteiger partial charge in [0.25, 0.3) is 0 Å². The lowest BCUT2D eigenvalue weighted by Gasteiger charge is -2.22. The molecule has 4 nitrogen and oxygen atoms in total. The normalized spacial score (nSPS) is 13.5. The smallest absolute Gasteiger partial charge is 0.223 e. The lowest BCUT2D eigenvalue weighted by molar-refractivity contribution is -0.132. The molecule has 0 bridgehead atoms. The van der Waals surface area contributed by atoms with E-state index in [0.717, 1.165) is 18.4 Å². The van der Waals surface area contributed by atoms with Crippen LogP contribution in [0.1, 0.15) is 36.3 Å². The minimum Gasteiger partial charge on any atom is -0.441 e. The monoisotopic (exact) mass is 378 g/mol. The van der Waals surface area contributed by atoms with Crippen LogP contribution in [0.15, 0.2) is 59.1 Å². The molecule has 4 rings (SSSR count). The van der Waals surface area contributed by atoms with Crippen LogP contribution < -0.4 is 0 Å². The van der Waals surface area contributed by atoms with Gasteiger partial charge in [0.15, 0.2) is 11.7 Å². The molecule has 0 atom stereocenters. The summed E-state index contributed by atoms with van der Waals surface area (Å²) in [5.74, 6) is 0.996. The Morgan fingerprint density at radius 2 is 1.93 bits per heavy atom. The van der Waals surface area contributed by atoms with Crippen molar-refractivity contribution in [2.45, 2.75) is 45.2 Å². The third-order valence-electron chi connectivity index (χ3n) is 5.05. The van der Waals surface area contributed by atoms with Crippen LogP contribution in [-0.4, -0.2) is 21.8 Å². The Morgan fingerprint density at radius 1 is 1.18 bits per heavy atom. The Kier molecular flexibility index (Phi) is 5.24. The number of rotatable bonds is 7. The van der Waals surface area contributed by atoms with Crippen LogP contribution in [-0.2, 0) is 17.8 Å². The topological polar surface area (TPSA) is 46.3 Å². The third-order valence-corrected chi connectivity index (χ3v) is 5.05. The van der Waals surface area contributed by atoms with Crippen molar-refractivity contribution in [1.29, 1.82) is 0 Å². The number of amides is 1. The summed E-state index contributed by atoms with van der Waals surface area (Å²) in [6, 6.07) is 14.9. The highest BCUT2D eigenvalue weighted by atomic mass is 19.1. The highest BCUT2D eigenvalue weighted by Gasteiger charge is 2.32. The standard InChI is InChI=1S/C23H23FN2O2/c1-16-6-8-17(9-7-16)21-14-25-22(28-21)12-13-23(27)26(19-10-11-19)15-18-4-2-3-5-20(18)24/h2-9,14,19H,10-13,15H2,1H3. The second kappa shape index (κ2) is 7.97. The summed E-state index contributed by atoms with van der Waals surface area (Å²) < 4.78 is 19.8. The minimum absolute atomic E-state index is 0.0147. The summed E-state index contributed by atoms with van der Waals surface area (Å²) in [6.45, 7) is 2.35. The summed E-state index contributed by atoms with van der Waals surface area (Å²) in [5.41, 5.74) is 2.71. The second-order valence-electron chi connectivity index (χ2n) is 7.33. The Morgan fingerprint density at radius 3 is 2.64 bits per heavy atom. The fourth-order valence-corrected chi connectivity index (χ4v) is 3.25. The Bertz CT molecular complexity index is 961. The number of halogens is 1. The first-order valence-electron chi connectivity index (χ1n) is 9.65. The molecule has 0 unspecified atom stereocenters. The first-order valence-corrected chi connectivity index (χ1v) is 9.65. The zero-order valence-corrected chi connectivity index (χ0v) is 15.9. The molecule has 144 valence electrons. The molecule has 1 aromatic heterocycles. The van der Waals surface area contributed by atoms with Crippen molar-refractivity contribution in [2.24, 2.45) is 0 Å². The maximum Gasteiger partial charge on any atom is 0.223 e. The van der Waals surface area contributed by atoms with E-state index in [0.29, 0.717) is 36.6 Å². The lowest BCUT2D eigenvalue weighted by atomic mass is 10.1. The molecule has 5 heteroatoms. The van der Waals surface area contributed by atoms with E-state index >= 15 is 0 Å². The van der Waals surface area contributed by atoms with Crippen LogP contribution in [0.3, 0.4) is 0 Å². The number of aryl methyl sites for hydroxylation is 2. The van der Waals surface area contributed by atoms with Gasteiger partial charge in [0.2, 0.25) is 5.91 Å². The molecule has 1 aliphatic rings. The van der Waals surface area contributed by atoms with Gasteiger partial charge in [0.1, 0.15) is 5.82 Å². The van der Waals surface area contributed by atoms with E-state index in [1.54, 1.807) is 29.3 Å². The Labute approximate surface area is 164 Å². The van der Waals surface area contributed by atoms with E-state index < -0.39 is 0 Å². The molecular formula is C23H23FN2O2. The Balaban J connectivity index is 1.39. The number of carbonyl (C=O) groups excluding carboxylic acids is 1. The number of hydrogen-bond acceptors (Lipinski definition) is 3. The molecule has 2 aromatic carbocycles. The van der Waals surface area contributed by atoms with Gasteiger partial charge in [-0.25, -0.2) is 9.37 Å². The predicted octanol–water partition coefficient (Wildman–Crippen LogP) is 4.91. The van der Waals surface area contributed by atoms with E-state index in [1.165, 1.54) is 11.6 Å².